The molecule has 0 amide bonds. The fourth-order valence-corrected chi connectivity index (χ4v) is 2.02. The van der Waals surface area contributed by atoms with Gasteiger partial charge in [-0.25, -0.2) is 0 Å². The van der Waals surface area contributed by atoms with Gasteiger partial charge in [-0.3, -0.25) is 4.84 Å². The average Bonchev–Trinajstić information content (AvgIpc) is 2.54. The maximum absolute atomic E-state index is 11.4. The van der Waals surface area contributed by atoms with Crippen molar-refractivity contribution in [1.29, 1.82) is 0 Å². The number of hydrogen-bond acceptors (Lipinski definition) is 4. The van der Waals surface area contributed by atoms with Crippen LogP contribution in [0.3, 0.4) is 0 Å². The number of nitrogens with zero attached hydrogens (tertiary/aromatic N) is 1. The first kappa shape index (κ1) is 15.6. The lowest BCUT2D eigenvalue weighted by Crippen LogP contribution is -2.38. The Kier molecular flexibility index (Phi) is 5.14. The van der Waals surface area contributed by atoms with E-state index in [0.29, 0.717) is 17.9 Å². The number of carbonyl (C=O) groups is 1. The highest BCUT2D eigenvalue weighted by molar-refractivity contribution is 6.40. The number of carboxylic acid groups (broad SMARTS) is 1. The molecule has 0 saturated heterocycles. The fourth-order valence-electron chi connectivity index (χ4n) is 2.02. The molecule has 0 aromatic heterocycles. The first-order chi connectivity index (χ1) is 10.6. The lowest BCUT2D eigenvalue weighted by atomic mass is 10.1. The van der Waals surface area contributed by atoms with Crippen LogP contribution in [-0.2, 0) is 16.2 Å². The molecule has 22 heavy (non-hydrogen) atoms. The summed E-state index contributed by atoms with van der Waals surface area (Å²) in [5.74, 6) is -0.880. The van der Waals surface area contributed by atoms with Crippen molar-refractivity contribution in [3.8, 4) is 5.75 Å². The summed E-state index contributed by atoms with van der Waals surface area (Å²) in [7, 11) is 2.88. The summed E-state index contributed by atoms with van der Waals surface area (Å²) in [6.45, 7) is 0.342. The van der Waals surface area contributed by atoms with Gasteiger partial charge >= 0.3 is 0 Å². The van der Waals surface area contributed by atoms with Gasteiger partial charge in [-0.1, -0.05) is 42.5 Å². The summed E-state index contributed by atoms with van der Waals surface area (Å²) in [6, 6.07) is 16.5. The van der Waals surface area contributed by atoms with E-state index in [2.05, 4.69) is 0 Å². The number of hydroxylamine groups is 1. The number of carboxylic acids is 1. The highest BCUT2D eigenvalue weighted by atomic mass is 16.7. The van der Waals surface area contributed by atoms with Crippen molar-refractivity contribution in [3.63, 3.8) is 0 Å². The average molecular weight is 299 g/mol. The Balaban J connectivity index is 2.32. The maximum Gasteiger partial charge on any atom is 0.283 e. The van der Waals surface area contributed by atoms with E-state index in [1.54, 1.807) is 24.3 Å². The molecule has 0 heterocycles. The van der Waals surface area contributed by atoms with Gasteiger partial charge in [-0.05, 0) is 22.4 Å². The number of hydrogen-bond donors (Lipinski definition) is 0. The minimum atomic E-state index is -1.33. The van der Waals surface area contributed by atoms with E-state index < -0.39 is 5.97 Å². The van der Waals surface area contributed by atoms with E-state index in [9.17, 15) is 9.90 Å². The molecule has 5 heteroatoms. The number of aliphatic carboxylic acids is 1. The number of para-hydroxylation sites is 1. The Morgan fingerprint density at radius 1 is 1.09 bits per heavy atom. The minimum Gasteiger partial charge on any atom is -0.539 e. The van der Waals surface area contributed by atoms with Gasteiger partial charge in [0.25, 0.3) is 5.71 Å². The van der Waals surface area contributed by atoms with Gasteiger partial charge in [0.05, 0.1) is 5.56 Å². The lowest BCUT2D eigenvalue weighted by Gasteiger charge is -2.12. The van der Waals surface area contributed by atoms with E-state index in [1.807, 2.05) is 30.3 Å². The summed E-state index contributed by atoms with van der Waals surface area (Å²) in [6.07, 6.45) is 0. The van der Waals surface area contributed by atoms with Crippen LogP contribution in [0.2, 0.25) is 0 Å². The zero-order valence-electron chi connectivity index (χ0n) is 12.5. The SMILES string of the molecule is CO/[N+](C)=C(\C(=O)[O-])c1ccccc1OCc1ccccc1. The van der Waals surface area contributed by atoms with Crippen molar-refractivity contribution in [1.82, 2.24) is 0 Å². The highest BCUT2D eigenvalue weighted by Crippen LogP contribution is 2.20. The Bertz CT molecular complexity index is 680. The minimum absolute atomic E-state index is 0.0915. The molecule has 0 spiro atoms. The molecule has 2 rings (SSSR count). The van der Waals surface area contributed by atoms with E-state index in [0.717, 1.165) is 10.3 Å². The van der Waals surface area contributed by atoms with Crippen LogP contribution in [-0.4, -0.2) is 30.6 Å². The number of rotatable bonds is 6. The van der Waals surface area contributed by atoms with Crippen molar-refractivity contribution in [2.45, 2.75) is 6.61 Å². The summed E-state index contributed by atoms with van der Waals surface area (Å²) in [5.41, 5.74) is 1.31. The Morgan fingerprint density at radius 2 is 1.73 bits per heavy atom. The van der Waals surface area contributed by atoms with Gasteiger partial charge in [-0.15, -0.1) is 0 Å². The Labute approximate surface area is 129 Å². The van der Waals surface area contributed by atoms with Crippen molar-refractivity contribution in [3.05, 3.63) is 65.7 Å². The van der Waals surface area contributed by atoms with E-state index in [4.69, 9.17) is 9.57 Å². The van der Waals surface area contributed by atoms with Crippen LogP contribution >= 0.6 is 0 Å². The molecule has 0 aliphatic carbocycles. The molecular formula is C17H17NO4. The first-order valence-electron chi connectivity index (χ1n) is 6.75. The van der Waals surface area contributed by atoms with Crippen molar-refractivity contribution in [2.75, 3.05) is 14.2 Å². The third-order valence-corrected chi connectivity index (χ3v) is 3.16. The zero-order chi connectivity index (χ0) is 15.9. The number of benzene rings is 2. The molecule has 0 bridgehead atoms. The largest absolute Gasteiger partial charge is 0.539 e. The van der Waals surface area contributed by atoms with Gasteiger partial charge in [0.1, 0.15) is 25.4 Å². The van der Waals surface area contributed by atoms with Crippen molar-refractivity contribution >= 4 is 11.7 Å². The molecule has 114 valence electrons. The molecule has 0 radical (unpaired) electrons. The monoisotopic (exact) mass is 299 g/mol. The first-order valence-corrected chi connectivity index (χ1v) is 6.75. The summed E-state index contributed by atoms with van der Waals surface area (Å²) in [4.78, 5) is 16.4. The molecule has 5 nitrogen and oxygen atoms in total. The van der Waals surface area contributed by atoms with Gasteiger partial charge in [0.2, 0.25) is 0 Å². The van der Waals surface area contributed by atoms with Gasteiger partial charge in [0, 0.05) is 0 Å². The summed E-state index contributed by atoms with van der Waals surface area (Å²) >= 11 is 0. The van der Waals surface area contributed by atoms with Crippen molar-refractivity contribution in [2.24, 2.45) is 0 Å². The molecule has 0 saturated carbocycles. The Morgan fingerprint density at radius 3 is 2.36 bits per heavy atom. The van der Waals surface area contributed by atoms with Crippen LogP contribution in [0.4, 0.5) is 0 Å². The molecule has 0 fully saturated rings. The second-order valence-electron chi connectivity index (χ2n) is 4.59. The third-order valence-electron chi connectivity index (χ3n) is 3.16. The number of ether oxygens (including phenoxy) is 1. The zero-order valence-corrected chi connectivity index (χ0v) is 12.5. The van der Waals surface area contributed by atoms with Crippen LogP contribution < -0.4 is 9.84 Å². The maximum atomic E-state index is 11.4. The highest BCUT2D eigenvalue weighted by Gasteiger charge is 2.21. The normalized spacial score (nSPS) is 11.5. The summed E-state index contributed by atoms with van der Waals surface area (Å²) < 4.78 is 6.89. The van der Waals surface area contributed by atoms with Gasteiger partial charge in [-0.2, -0.15) is 0 Å². The van der Waals surface area contributed by atoms with Crippen LogP contribution in [0.25, 0.3) is 0 Å². The summed E-state index contributed by atoms with van der Waals surface area (Å²) in [5, 5.41) is 11.4. The molecule has 2 aromatic carbocycles. The quantitative estimate of drug-likeness (QED) is 0.454. The smallest absolute Gasteiger partial charge is 0.283 e. The van der Waals surface area contributed by atoms with Gasteiger partial charge in [0.15, 0.2) is 7.05 Å². The van der Waals surface area contributed by atoms with Crippen molar-refractivity contribution < 1.29 is 24.2 Å². The van der Waals surface area contributed by atoms with Crippen LogP contribution in [0, 0.1) is 0 Å². The fraction of sp³-hybridized carbons (Fsp3) is 0.176. The molecule has 0 aliphatic heterocycles. The topological polar surface area (TPSA) is 61.6 Å². The Hall–Kier alpha value is -2.82. The molecule has 0 N–H and O–H groups in total. The lowest BCUT2D eigenvalue weighted by molar-refractivity contribution is -0.760. The number of carbonyl (C=O) groups excluding carboxylic acids is 1. The van der Waals surface area contributed by atoms with E-state index in [1.165, 1.54) is 14.2 Å². The molecule has 0 aliphatic rings. The van der Waals surface area contributed by atoms with Crippen LogP contribution in [0.5, 0.6) is 5.75 Å². The van der Waals surface area contributed by atoms with Crippen LogP contribution in [0.1, 0.15) is 11.1 Å². The second kappa shape index (κ2) is 7.26. The van der Waals surface area contributed by atoms with Gasteiger partial charge < -0.3 is 14.6 Å². The van der Waals surface area contributed by atoms with E-state index >= 15 is 0 Å². The molecular weight excluding hydrogens is 282 g/mol. The predicted molar refractivity (Wildman–Crippen MR) is 79.5 cm³/mol. The molecule has 2 aromatic rings. The standard InChI is InChI=1S/C17H17NO4/c1-18(21-2)16(17(19)20)14-10-6-7-11-15(14)22-12-13-8-4-3-5-9-13/h3-11H,12H2,1-2H3/b18-16-. The predicted octanol–water partition coefficient (Wildman–Crippen LogP) is 1.01. The molecule has 0 unspecified atom stereocenters. The van der Waals surface area contributed by atoms with E-state index in [-0.39, 0.29) is 5.71 Å². The van der Waals surface area contributed by atoms with Crippen LogP contribution in [0.15, 0.2) is 54.6 Å². The third kappa shape index (κ3) is 3.63. The second-order valence-corrected chi connectivity index (χ2v) is 4.59. The molecule has 0 atom stereocenters.